The second kappa shape index (κ2) is 4.17. The van der Waals surface area contributed by atoms with Gasteiger partial charge in [0.1, 0.15) is 5.82 Å². The summed E-state index contributed by atoms with van der Waals surface area (Å²) in [5.74, 6) is 0.876. The Balaban J connectivity index is 1.67. The topological polar surface area (TPSA) is 50.7 Å². The van der Waals surface area contributed by atoms with E-state index in [9.17, 15) is 0 Å². The maximum Gasteiger partial charge on any atom is 0.202 e. The summed E-state index contributed by atoms with van der Waals surface area (Å²) >= 11 is 1.44. The molecule has 1 aliphatic carbocycles. The van der Waals surface area contributed by atoms with E-state index in [0.717, 1.165) is 22.9 Å². The van der Waals surface area contributed by atoms with Crippen LogP contribution in [0.2, 0.25) is 0 Å². The van der Waals surface area contributed by atoms with Gasteiger partial charge >= 0.3 is 0 Å². The zero-order valence-electron chi connectivity index (χ0n) is 8.76. The molecule has 0 bridgehead atoms. The van der Waals surface area contributed by atoms with Gasteiger partial charge in [-0.1, -0.05) is 6.07 Å². The minimum Gasteiger partial charge on any atom is -0.358 e. The molecule has 0 saturated heterocycles. The third-order valence-corrected chi connectivity index (χ3v) is 3.14. The lowest BCUT2D eigenvalue weighted by Crippen LogP contribution is -2.00. The summed E-state index contributed by atoms with van der Waals surface area (Å²) in [7, 11) is 0. The second-order valence-corrected chi connectivity index (χ2v) is 4.72. The number of nitrogens with one attached hydrogen (secondary N) is 1. The van der Waals surface area contributed by atoms with Crippen LogP contribution < -0.4 is 5.32 Å². The van der Waals surface area contributed by atoms with Gasteiger partial charge in [-0.25, -0.2) is 4.98 Å². The lowest BCUT2D eigenvalue weighted by Gasteiger charge is -1.96. The predicted molar refractivity (Wildman–Crippen MR) is 63.6 cm³/mol. The Morgan fingerprint density at radius 1 is 1.44 bits per heavy atom. The van der Waals surface area contributed by atoms with Gasteiger partial charge in [-0.05, 0) is 24.5 Å². The highest BCUT2D eigenvalue weighted by atomic mass is 32.1. The molecular weight excluding hydrogens is 220 g/mol. The standard InChI is InChI=1S/C11H12N4S/c1-2-8(7-12-5-1)6-10-14-11(16-15-10)13-9-3-4-9/h1-2,5,7,9H,3-4,6H2,(H,13,14,15). The molecule has 2 heterocycles. The molecule has 1 N–H and O–H groups in total. The highest BCUT2D eigenvalue weighted by molar-refractivity contribution is 7.09. The van der Waals surface area contributed by atoms with E-state index >= 15 is 0 Å². The zero-order chi connectivity index (χ0) is 10.8. The van der Waals surface area contributed by atoms with Crippen molar-refractivity contribution in [3.63, 3.8) is 0 Å². The minimum absolute atomic E-state index is 0.638. The van der Waals surface area contributed by atoms with E-state index in [0.29, 0.717) is 6.04 Å². The third-order valence-electron chi connectivity index (χ3n) is 2.46. The van der Waals surface area contributed by atoms with Crippen molar-refractivity contribution < 1.29 is 0 Å². The Hall–Kier alpha value is -1.49. The molecule has 0 radical (unpaired) electrons. The molecule has 1 fully saturated rings. The van der Waals surface area contributed by atoms with Crippen LogP contribution in [-0.4, -0.2) is 20.4 Å². The highest BCUT2D eigenvalue weighted by Gasteiger charge is 2.22. The van der Waals surface area contributed by atoms with E-state index in [4.69, 9.17) is 0 Å². The van der Waals surface area contributed by atoms with Crippen LogP contribution in [0.25, 0.3) is 0 Å². The average Bonchev–Trinajstić information content (AvgIpc) is 3.01. The van der Waals surface area contributed by atoms with Gasteiger partial charge in [-0.3, -0.25) is 4.98 Å². The molecule has 4 nitrogen and oxygen atoms in total. The van der Waals surface area contributed by atoms with Crippen LogP contribution in [0, 0.1) is 0 Å². The van der Waals surface area contributed by atoms with Crippen LogP contribution in [0.3, 0.4) is 0 Å². The van der Waals surface area contributed by atoms with Crippen molar-refractivity contribution in [2.24, 2.45) is 0 Å². The molecular formula is C11H12N4S. The first kappa shape index (κ1) is 9.72. The van der Waals surface area contributed by atoms with Crippen LogP contribution in [0.5, 0.6) is 0 Å². The summed E-state index contributed by atoms with van der Waals surface area (Å²) in [5.41, 5.74) is 1.15. The van der Waals surface area contributed by atoms with Gasteiger partial charge in [-0.2, -0.15) is 4.37 Å². The number of hydrogen-bond donors (Lipinski definition) is 1. The first-order valence-corrected chi connectivity index (χ1v) is 6.15. The molecule has 0 aromatic carbocycles. The number of hydrogen-bond acceptors (Lipinski definition) is 5. The molecule has 0 spiro atoms. The monoisotopic (exact) mass is 232 g/mol. The maximum atomic E-state index is 4.45. The van der Waals surface area contributed by atoms with E-state index in [-0.39, 0.29) is 0 Å². The van der Waals surface area contributed by atoms with Crippen molar-refractivity contribution >= 4 is 16.7 Å². The molecule has 1 aliphatic rings. The van der Waals surface area contributed by atoms with E-state index in [1.165, 1.54) is 24.4 Å². The summed E-state index contributed by atoms with van der Waals surface area (Å²) < 4.78 is 4.33. The van der Waals surface area contributed by atoms with E-state index < -0.39 is 0 Å². The largest absolute Gasteiger partial charge is 0.358 e. The molecule has 2 aromatic rings. The van der Waals surface area contributed by atoms with Crippen LogP contribution in [0.1, 0.15) is 24.2 Å². The van der Waals surface area contributed by atoms with Gasteiger partial charge in [0, 0.05) is 36.4 Å². The summed E-state index contributed by atoms with van der Waals surface area (Å²) in [4.78, 5) is 8.53. The van der Waals surface area contributed by atoms with Gasteiger partial charge in [0.15, 0.2) is 0 Å². The fourth-order valence-corrected chi connectivity index (χ4v) is 2.13. The van der Waals surface area contributed by atoms with Gasteiger partial charge in [0.25, 0.3) is 0 Å². The van der Waals surface area contributed by atoms with Crippen molar-refractivity contribution in [1.29, 1.82) is 0 Å². The maximum absolute atomic E-state index is 4.45. The van der Waals surface area contributed by atoms with Gasteiger partial charge in [-0.15, -0.1) is 0 Å². The van der Waals surface area contributed by atoms with Gasteiger partial charge in [0.05, 0.1) is 0 Å². The zero-order valence-corrected chi connectivity index (χ0v) is 9.57. The van der Waals surface area contributed by atoms with E-state index in [1.54, 1.807) is 6.20 Å². The Kier molecular flexibility index (Phi) is 2.53. The normalized spacial score (nSPS) is 15.0. The molecule has 0 atom stereocenters. The van der Waals surface area contributed by atoms with Crippen molar-refractivity contribution in [3.8, 4) is 0 Å². The second-order valence-electron chi connectivity index (χ2n) is 3.97. The molecule has 2 aromatic heterocycles. The Bertz CT molecular complexity index is 464. The fourth-order valence-electron chi connectivity index (χ4n) is 1.47. The smallest absolute Gasteiger partial charge is 0.202 e. The Morgan fingerprint density at radius 3 is 3.12 bits per heavy atom. The van der Waals surface area contributed by atoms with Crippen molar-refractivity contribution in [1.82, 2.24) is 14.3 Å². The Labute approximate surface area is 97.9 Å². The molecule has 82 valence electrons. The lowest BCUT2D eigenvalue weighted by atomic mass is 10.2. The average molecular weight is 232 g/mol. The highest BCUT2D eigenvalue weighted by Crippen LogP contribution is 2.25. The molecule has 0 aliphatic heterocycles. The van der Waals surface area contributed by atoms with Gasteiger partial charge < -0.3 is 5.32 Å². The number of anilines is 1. The molecule has 5 heteroatoms. The van der Waals surface area contributed by atoms with Crippen molar-refractivity contribution in [2.45, 2.75) is 25.3 Å². The van der Waals surface area contributed by atoms with Gasteiger partial charge in [0.2, 0.25) is 5.13 Å². The number of nitrogens with zero attached hydrogens (tertiary/aromatic N) is 3. The van der Waals surface area contributed by atoms with Crippen molar-refractivity contribution in [2.75, 3.05) is 5.32 Å². The minimum atomic E-state index is 0.638. The molecule has 1 saturated carbocycles. The summed E-state index contributed by atoms with van der Waals surface area (Å²) in [5, 5.41) is 4.30. The summed E-state index contributed by atoms with van der Waals surface area (Å²) in [6, 6.07) is 4.62. The fraction of sp³-hybridized carbons (Fsp3) is 0.364. The number of rotatable bonds is 4. The molecule has 0 unspecified atom stereocenters. The predicted octanol–water partition coefficient (Wildman–Crippen LogP) is 2.10. The SMILES string of the molecule is c1cncc(Cc2nsc(NC3CC3)n2)c1. The van der Waals surface area contributed by atoms with E-state index in [2.05, 4.69) is 19.7 Å². The number of pyridine rings is 1. The summed E-state index contributed by atoms with van der Waals surface area (Å²) in [6.07, 6.45) is 6.92. The first-order chi connectivity index (χ1) is 7.90. The molecule has 3 rings (SSSR count). The molecule has 0 amide bonds. The lowest BCUT2D eigenvalue weighted by molar-refractivity contribution is 1.01. The van der Waals surface area contributed by atoms with E-state index in [1.807, 2.05) is 18.3 Å². The first-order valence-electron chi connectivity index (χ1n) is 5.38. The van der Waals surface area contributed by atoms with Crippen LogP contribution in [-0.2, 0) is 6.42 Å². The van der Waals surface area contributed by atoms with Crippen molar-refractivity contribution in [3.05, 3.63) is 35.9 Å². The Morgan fingerprint density at radius 2 is 2.38 bits per heavy atom. The van der Waals surface area contributed by atoms with Crippen LogP contribution in [0.15, 0.2) is 24.5 Å². The quantitative estimate of drug-likeness (QED) is 0.877. The summed E-state index contributed by atoms with van der Waals surface area (Å²) in [6.45, 7) is 0. The number of aromatic nitrogens is 3. The van der Waals surface area contributed by atoms with Crippen LogP contribution >= 0.6 is 11.5 Å². The van der Waals surface area contributed by atoms with Crippen LogP contribution in [0.4, 0.5) is 5.13 Å². The molecule has 16 heavy (non-hydrogen) atoms. The third kappa shape index (κ3) is 2.36.